The van der Waals surface area contributed by atoms with Gasteiger partial charge in [-0.3, -0.25) is 0 Å². The summed E-state index contributed by atoms with van der Waals surface area (Å²) in [7, 11) is 1.73. The van der Waals surface area contributed by atoms with E-state index in [0.29, 0.717) is 18.6 Å². The number of nitrogens with zero attached hydrogens (tertiary/aromatic N) is 2. The van der Waals surface area contributed by atoms with Gasteiger partial charge in [-0.2, -0.15) is 0 Å². The zero-order valence-electron chi connectivity index (χ0n) is 14.8. The smallest absolute Gasteiger partial charge is 0.194 e. The van der Waals surface area contributed by atoms with Gasteiger partial charge in [-0.1, -0.05) is 38.1 Å². The lowest BCUT2D eigenvalue weighted by Crippen LogP contribution is -2.40. The Balaban J connectivity index is 0.00000264. The van der Waals surface area contributed by atoms with Crippen LogP contribution >= 0.6 is 24.0 Å². The fraction of sp³-hybridized carbons (Fsp3) is 0.611. The Kier molecular flexibility index (Phi) is 8.33. The van der Waals surface area contributed by atoms with Gasteiger partial charge in [-0.05, 0) is 29.9 Å². The third kappa shape index (κ3) is 6.30. The molecule has 0 atom stereocenters. The van der Waals surface area contributed by atoms with Crippen molar-refractivity contribution in [3.63, 3.8) is 0 Å². The van der Waals surface area contributed by atoms with Crippen molar-refractivity contribution in [1.82, 2.24) is 10.2 Å². The molecule has 1 aromatic carbocycles. The highest BCUT2D eigenvalue weighted by molar-refractivity contribution is 14.0. The average molecular weight is 431 g/mol. The molecule has 1 aliphatic rings. The number of hydrogen-bond donors (Lipinski definition) is 1. The lowest BCUT2D eigenvalue weighted by molar-refractivity contribution is 0.185. The van der Waals surface area contributed by atoms with Crippen molar-refractivity contribution >= 4 is 29.9 Å². The zero-order chi connectivity index (χ0) is 16.0. The summed E-state index contributed by atoms with van der Waals surface area (Å²) in [5.41, 5.74) is 2.81. The first-order valence-electron chi connectivity index (χ1n) is 8.14. The Bertz CT molecular complexity index is 517. The summed E-state index contributed by atoms with van der Waals surface area (Å²) in [6.07, 6.45) is 1.22. The molecule has 23 heavy (non-hydrogen) atoms. The van der Waals surface area contributed by atoms with E-state index in [9.17, 15) is 0 Å². The minimum absolute atomic E-state index is 0. The van der Waals surface area contributed by atoms with Gasteiger partial charge in [0.25, 0.3) is 0 Å². The predicted octanol–water partition coefficient (Wildman–Crippen LogP) is 3.65. The molecule has 1 saturated heterocycles. The molecule has 1 aliphatic heterocycles. The summed E-state index contributed by atoms with van der Waals surface area (Å²) in [6, 6.07) is 8.46. The Hall–Kier alpha value is -0.820. The molecule has 0 bridgehead atoms. The molecule has 1 fully saturated rings. The third-order valence-corrected chi connectivity index (χ3v) is 4.03. The van der Waals surface area contributed by atoms with Crippen LogP contribution in [0.3, 0.4) is 0 Å². The van der Waals surface area contributed by atoms with Crippen molar-refractivity contribution in [2.24, 2.45) is 10.4 Å². The molecule has 5 heteroatoms. The minimum atomic E-state index is 0. The van der Waals surface area contributed by atoms with Gasteiger partial charge in [0, 0.05) is 26.7 Å². The van der Waals surface area contributed by atoms with Gasteiger partial charge >= 0.3 is 0 Å². The van der Waals surface area contributed by atoms with E-state index >= 15 is 0 Å². The second kappa shape index (κ2) is 9.47. The van der Waals surface area contributed by atoms with Gasteiger partial charge in [0.2, 0.25) is 0 Å². The predicted molar refractivity (Wildman–Crippen MR) is 107 cm³/mol. The van der Waals surface area contributed by atoms with E-state index in [1.807, 2.05) is 0 Å². The maximum Gasteiger partial charge on any atom is 0.194 e. The quantitative estimate of drug-likeness (QED) is 0.440. The number of halogens is 1. The second-order valence-electron chi connectivity index (χ2n) is 6.76. The lowest BCUT2D eigenvalue weighted by Gasteiger charge is -2.23. The van der Waals surface area contributed by atoms with Gasteiger partial charge in [0.05, 0.1) is 13.2 Å². The lowest BCUT2D eigenvalue weighted by atomic mass is 9.93. The molecule has 0 saturated carbocycles. The summed E-state index contributed by atoms with van der Waals surface area (Å²) in [5, 5.41) is 3.42. The minimum Gasteiger partial charge on any atom is -0.380 e. The molecule has 2 rings (SSSR count). The Labute approximate surface area is 157 Å². The highest BCUT2D eigenvalue weighted by Gasteiger charge is 2.30. The van der Waals surface area contributed by atoms with Gasteiger partial charge in [0.1, 0.15) is 0 Å². The van der Waals surface area contributed by atoms with Crippen LogP contribution in [0.4, 0.5) is 0 Å². The van der Waals surface area contributed by atoms with Crippen molar-refractivity contribution in [3.05, 3.63) is 35.4 Å². The molecule has 0 spiro atoms. The van der Waals surface area contributed by atoms with E-state index in [1.54, 1.807) is 7.11 Å². The highest BCUT2D eigenvalue weighted by atomic mass is 127. The molecular weight excluding hydrogens is 401 g/mol. The third-order valence-electron chi connectivity index (χ3n) is 4.03. The standard InChI is InChI=1S/C18H29N3O.HI/c1-5-19-17(21-10-9-18(2,3)14-21)20-12-15-7-6-8-16(11-15)13-22-4;/h6-8,11H,5,9-10,12-14H2,1-4H3,(H,19,20);1H. The van der Waals surface area contributed by atoms with Crippen molar-refractivity contribution < 1.29 is 4.74 Å². The van der Waals surface area contributed by atoms with Crippen LogP contribution in [0.1, 0.15) is 38.3 Å². The van der Waals surface area contributed by atoms with Crippen LogP contribution < -0.4 is 5.32 Å². The average Bonchev–Trinajstić information content (AvgIpc) is 2.84. The zero-order valence-corrected chi connectivity index (χ0v) is 17.1. The Morgan fingerprint density at radius 1 is 1.35 bits per heavy atom. The van der Waals surface area contributed by atoms with Gasteiger partial charge < -0.3 is 15.0 Å². The summed E-state index contributed by atoms with van der Waals surface area (Å²) in [6.45, 7) is 11.2. The summed E-state index contributed by atoms with van der Waals surface area (Å²) in [5.74, 6) is 1.03. The number of likely N-dealkylation sites (tertiary alicyclic amines) is 1. The molecule has 1 heterocycles. The van der Waals surface area contributed by atoms with Crippen LogP contribution in [0.15, 0.2) is 29.3 Å². The van der Waals surface area contributed by atoms with Crippen LogP contribution in [-0.2, 0) is 17.9 Å². The van der Waals surface area contributed by atoms with Gasteiger partial charge in [-0.25, -0.2) is 4.99 Å². The van der Waals surface area contributed by atoms with Crippen LogP contribution in [0, 0.1) is 5.41 Å². The van der Waals surface area contributed by atoms with E-state index in [2.05, 4.69) is 55.3 Å². The molecular formula is C18H30IN3O. The number of nitrogens with one attached hydrogen (secondary N) is 1. The van der Waals surface area contributed by atoms with Crippen LogP contribution in [0.2, 0.25) is 0 Å². The summed E-state index contributed by atoms with van der Waals surface area (Å²) in [4.78, 5) is 7.20. The first kappa shape index (κ1) is 20.2. The van der Waals surface area contributed by atoms with Gasteiger partial charge in [0.15, 0.2) is 5.96 Å². The van der Waals surface area contributed by atoms with Crippen molar-refractivity contribution in [1.29, 1.82) is 0 Å². The number of hydrogen-bond acceptors (Lipinski definition) is 2. The maximum absolute atomic E-state index is 5.19. The van der Waals surface area contributed by atoms with Crippen LogP contribution in [-0.4, -0.2) is 37.6 Å². The number of guanidine groups is 1. The van der Waals surface area contributed by atoms with E-state index in [1.165, 1.54) is 17.5 Å². The molecule has 1 N–H and O–H groups in total. The van der Waals surface area contributed by atoms with Crippen LogP contribution in [0.5, 0.6) is 0 Å². The number of benzene rings is 1. The van der Waals surface area contributed by atoms with Crippen molar-refractivity contribution in [2.45, 2.75) is 40.3 Å². The summed E-state index contributed by atoms with van der Waals surface area (Å²) >= 11 is 0. The first-order valence-corrected chi connectivity index (χ1v) is 8.14. The molecule has 130 valence electrons. The van der Waals surface area contributed by atoms with E-state index in [-0.39, 0.29) is 24.0 Å². The first-order chi connectivity index (χ1) is 10.5. The number of aliphatic imine (C=N–C) groups is 1. The number of methoxy groups -OCH3 is 1. The fourth-order valence-corrected chi connectivity index (χ4v) is 2.87. The molecule has 0 unspecified atom stereocenters. The molecule has 0 radical (unpaired) electrons. The second-order valence-corrected chi connectivity index (χ2v) is 6.76. The molecule has 0 aliphatic carbocycles. The number of rotatable bonds is 5. The normalized spacial score (nSPS) is 17.0. The van der Waals surface area contributed by atoms with Gasteiger partial charge in [-0.15, -0.1) is 24.0 Å². The summed E-state index contributed by atoms with van der Waals surface area (Å²) < 4.78 is 5.19. The number of ether oxygens (including phenoxy) is 1. The Morgan fingerprint density at radius 3 is 2.70 bits per heavy atom. The van der Waals surface area contributed by atoms with Crippen LogP contribution in [0.25, 0.3) is 0 Å². The molecule has 0 amide bonds. The largest absolute Gasteiger partial charge is 0.380 e. The van der Waals surface area contributed by atoms with E-state index in [0.717, 1.165) is 25.6 Å². The fourth-order valence-electron chi connectivity index (χ4n) is 2.87. The SMILES string of the molecule is CCNC(=NCc1cccc(COC)c1)N1CCC(C)(C)C1.I. The molecule has 4 nitrogen and oxygen atoms in total. The molecule has 0 aromatic heterocycles. The Morgan fingerprint density at radius 2 is 2.09 bits per heavy atom. The maximum atomic E-state index is 5.19. The van der Waals surface area contributed by atoms with Crippen molar-refractivity contribution in [3.8, 4) is 0 Å². The molecule has 1 aromatic rings. The monoisotopic (exact) mass is 431 g/mol. The van der Waals surface area contributed by atoms with E-state index < -0.39 is 0 Å². The van der Waals surface area contributed by atoms with E-state index in [4.69, 9.17) is 9.73 Å². The topological polar surface area (TPSA) is 36.9 Å². The highest BCUT2D eigenvalue weighted by Crippen LogP contribution is 2.28. The van der Waals surface area contributed by atoms with Crippen molar-refractivity contribution in [2.75, 3.05) is 26.7 Å².